The Labute approximate surface area is 202 Å². The van der Waals surface area contributed by atoms with E-state index in [1.54, 1.807) is 24.3 Å². The van der Waals surface area contributed by atoms with Gasteiger partial charge in [-0.15, -0.1) is 0 Å². The molecule has 0 aromatic heterocycles. The lowest BCUT2D eigenvalue weighted by Gasteiger charge is -2.18. The molecule has 1 amide bonds. The van der Waals surface area contributed by atoms with E-state index in [-0.39, 0.29) is 10.9 Å². The molecule has 2 aromatic carbocycles. The molecular weight excluding hydrogens is 526 g/mol. The van der Waals surface area contributed by atoms with Gasteiger partial charge >= 0.3 is 5.97 Å². The van der Waals surface area contributed by atoms with E-state index < -0.39 is 17.9 Å². The molecule has 0 saturated carbocycles. The number of methoxy groups -OCH3 is 1. The van der Waals surface area contributed by atoms with Gasteiger partial charge in [-0.1, -0.05) is 53.8 Å². The number of carboxylic acids is 1. The fraction of sp³-hybridized carbons (Fsp3) is 0.190. The van der Waals surface area contributed by atoms with Crippen LogP contribution in [-0.2, 0) is 16.2 Å². The van der Waals surface area contributed by atoms with E-state index >= 15 is 0 Å². The van der Waals surface area contributed by atoms with Crippen molar-refractivity contribution in [2.24, 2.45) is 0 Å². The Morgan fingerprint density at radius 3 is 2.74 bits per heavy atom. The Morgan fingerprint density at radius 1 is 1.39 bits per heavy atom. The summed E-state index contributed by atoms with van der Waals surface area (Å²) in [6.45, 7) is 1.67. The van der Waals surface area contributed by atoms with Gasteiger partial charge in [-0.2, -0.15) is 0 Å². The van der Waals surface area contributed by atoms with Gasteiger partial charge in [0, 0.05) is 10.6 Å². The number of ether oxygens (including phenoxy) is 2. The molecule has 10 heteroatoms. The predicted octanol–water partition coefficient (Wildman–Crippen LogP) is 5.36. The van der Waals surface area contributed by atoms with Crippen molar-refractivity contribution in [1.29, 1.82) is 0 Å². The largest absolute Gasteiger partial charge is 0.493 e. The molecule has 0 spiro atoms. The van der Waals surface area contributed by atoms with Crippen LogP contribution >= 0.6 is 51.5 Å². The van der Waals surface area contributed by atoms with Gasteiger partial charge in [-0.05, 0) is 52.7 Å². The van der Waals surface area contributed by atoms with Gasteiger partial charge in [-0.3, -0.25) is 9.69 Å². The molecule has 1 N–H and O–H groups in total. The van der Waals surface area contributed by atoms with E-state index in [2.05, 4.69) is 15.9 Å². The second kappa shape index (κ2) is 10.0. The maximum atomic E-state index is 12.7. The Balaban J connectivity index is 1.86. The maximum absolute atomic E-state index is 12.7. The fourth-order valence-electron chi connectivity index (χ4n) is 2.80. The molecule has 3 rings (SSSR count). The highest BCUT2D eigenvalue weighted by Gasteiger charge is 2.38. The molecule has 0 radical (unpaired) electrons. The van der Waals surface area contributed by atoms with Crippen LogP contribution in [0.4, 0.5) is 0 Å². The normalized spacial score (nSPS) is 16.0. The van der Waals surface area contributed by atoms with Crippen LogP contribution in [0.1, 0.15) is 18.1 Å². The van der Waals surface area contributed by atoms with Crippen molar-refractivity contribution in [3.63, 3.8) is 0 Å². The summed E-state index contributed by atoms with van der Waals surface area (Å²) >= 11 is 15.9. The van der Waals surface area contributed by atoms with Crippen molar-refractivity contribution >= 4 is 73.8 Å². The minimum atomic E-state index is -1.12. The lowest BCUT2D eigenvalue weighted by molar-refractivity contribution is -0.144. The number of thioether (sulfide) groups is 1. The molecule has 1 heterocycles. The zero-order chi connectivity index (χ0) is 22.7. The second-order valence-electron chi connectivity index (χ2n) is 6.48. The van der Waals surface area contributed by atoms with E-state index in [0.29, 0.717) is 31.5 Å². The number of hydrogen-bond acceptors (Lipinski definition) is 6. The summed E-state index contributed by atoms with van der Waals surface area (Å²) in [4.78, 5) is 25.4. The third kappa shape index (κ3) is 5.23. The molecule has 1 fully saturated rings. The van der Waals surface area contributed by atoms with Crippen LogP contribution in [0.25, 0.3) is 6.08 Å². The van der Waals surface area contributed by atoms with Crippen LogP contribution in [0.5, 0.6) is 11.5 Å². The molecule has 1 aliphatic rings. The summed E-state index contributed by atoms with van der Waals surface area (Å²) in [6.07, 6.45) is 1.64. The molecule has 0 unspecified atom stereocenters. The van der Waals surface area contributed by atoms with Crippen molar-refractivity contribution in [2.75, 3.05) is 7.11 Å². The first-order valence-corrected chi connectivity index (χ1v) is 11.4. The number of carbonyl (C=O) groups is 2. The smallest absolute Gasteiger partial charge is 0.326 e. The van der Waals surface area contributed by atoms with Crippen molar-refractivity contribution < 1.29 is 24.2 Å². The standard InChI is InChI=1S/C21H17BrClNO5S2/c1-11(20(26)27)24-19(25)17(31-21(24)30)9-12-7-14(22)18(16(8-12)28-2)29-10-13-5-3-4-6-15(13)23/h3-9,11H,10H2,1-2H3,(H,26,27)/b17-9-/t11-/m0/s1. The molecule has 1 atom stereocenters. The van der Waals surface area contributed by atoms with Gasteiger partial charge in [0.05, 0.1) is 16.5 Å². The molecule has 1 saturated heterocycles. The first-order valence-electron chi connectivity index (χ1n) is 8.96. The summed E-state index contributed by atoms with van der Waals surface area (Å²) in [5, 5.41) is 9.82. The van der Waals surface area contributed by atoms with Crippen LogP contribution < -0.4 is 9.47 Å². The Bertz CT molecular complexity index is 1090. The molecule has 162 valence electrons. The number of carbonyl (C=O) groups excluding carboxylic acids is 1. The quantitative estimate of drug-likeness (QED) is 0.373. The number of thiocarbonyl (C=S) groups is 1. The molecule has 2 aromatic rings. The topological polar surface area (TPSA) is 76.1 Å². The number of hydrogen-bond donors (Lipinski definition) is 1. The van der Waals surface area contributed by atoms with Gasteiger partial charge in [0.15, 0.2) is 11.5 Å². The fourth-order valence-corrected chi connectivity index (χ4v) is 4.99. The highest BCUT2D eigenvalue weighted by atomic mass is 79.9. The average molecular weight is 543 g/mol. The number of rotatable bonds is 7. The number of halogens is 2. The number of benzene rings is 2. The van der Waals surface area contributed by atoms with Crippen LogP contribution in [0, 0.1) is 0 Å². The van der Waals surface area contributed by atoms with Crippen molar-refractivity contribution in [1.82, 2.24) is 4.90 Å². The summed E-state index contributed by atoms with van der Waals surface area (Å²) in [7, 11) is 1.52. The lowest BCUT2D eigenvalue weighted by Crippen LogP contribution is -2.41. The van der Waals surface area contributed by atoms with Gasteiger partial charge in [0.2, 0.25) is 0 Å². The van der Waals surface area contributed by atoms with Gasteiger partial charge in [-0.25, -0.2) is 4.79 Å². The molecule has 6 nitrogen and oxygen atoms in total. The van der Waals surface area contributed by atoms with Crippen molar-refractivity contribution in [3.8, 4) is 11.5 Å². The van der Waals surface area contributed by atoms with Gasteiger partial charge in [0.25, 0.3) is 5.91 Å². The highest BCUT2D eigenvalue weighted by molar-refractivity contribution is 9.10. The molecule has 31 heavy (non-hydrogen) atoms. The minimum Gasteiger partial charge on any atom is -0.493 e. The predicted molar refractivity (Wildman–Crippen MR) is 129 cm³/mol. The van der Waals surface area contributed by atoms with E-state index in [4.69, 9.17) is 33.3 Å². The van der Waals surface area contributed by atoms with E-state index in [1.807, 2.05) is 18.2 Å². The maximum Gasteiger partial charge on any atom is 0.326 e. The van der Waals surface area contributed by atoms with Crippen LogP contribution in [-0.4, -0.2) is 39.4 Å². The van der Waals surface area contributed by atoms with E-state index in [1.165, 1.54) is 14.0 Å². The number of amides is 1. The molecule has 1 aliphatic heterocycles. The van der Waals surface area contributed by atoms with Crippen molar-refractivity contribution in [2.45, 2.75) is 19.6 Å². The number of aliphatic carboxylic acids is 1. The average Bonchev–Trinajstić information content (AvgIpc) is 3.00. The number of carboxylic acid groups (broad SMARTS) is 1. The van der Waals surface area contributed by atoms with Crippen molar-refractivity contribution in [3.05, 3.63) is 61.9 Å². The Kier molecular flexibility index (Phi) is 7.64. The highest BCUT2D eigenvalue weighted by Crippen LogP contribution is 2.40. The zero-order valence-corrected chi connectivity index (χ0v) is 20.4. The second-order valence-corrected chi connectivity index (χ2v) is 9.42. The van der Waals surface area contributed by atoms with Crippen LogP contribution in [0.3, 0.4) is 0 Å². The van der Waals surface area contributed by atoms with Crippen LogP contribution in [0.2, 0.25) is 5.02 Å². The molecule has 0 aliphatic carbocycles. The third-order valence-electron chi connectivity index (χ3n) is 4.45. The third-order valence-corrected chi connectivity index (χ3v) is 6.74. The minimum absolute atomic E-state index is 0.205. The van der Waals surface area contributed by atoms with Gasteiger partial charge < -0.3 is 14.6 Å². The van der Waals surface area contributed by atoms with E-state index in [0.717, 1.165) is 22.2 Å². The monoisotopic (exact) mass is 541 g/mol. The SMILES string of the molecule is COc1cc(/C=C2\SC(=S)N([C@@H](C)C(=O)O)C2=O)cc(Br)c1OCc1ccccc1Cl. The zero-order valence-electron chi connectivity index (χ0n) is 16.4. The first-order chi connectivity index (χ1) is 14.7. The summed E-state index contributed by atoms with van der Waals surface area (Å²) in [5.74, 6) is -0.616. The summed E-state index contributed by atoms with van der Waals surface area (Å²) in [5.41, 5.74) is 1.50. The lowest BCUT2D eigenvalue weighted by atomic mass is 10.1. The number of nitrogens with zero attached hydrogens (tertiary/aromatic N) is 1. The van der Waals surface area contributed by atoms with Gasteiger partial charge in [0.1, 0.15) is 17.0 Å². The summed E-state index contributed by atoms with van der Waals surface area (Å²) < 4.78 is 12.2. The Hall–Kier alpha value is -2.07. The molecular formula is C21H17BrClNO5S2. The van der Waals surface area contributed by atoms with Crippen LogP contribution in [0.15, 0.2) is 45.8 Å². The summed E-state index contributed by atoms with van der Waals surface area (Å²) in [6, 6.07) is 9.84. The first kappa shape index (κ1) is 23.6. The van der Waals surface area contributed by atoms with E-state index in [9.17, 15) is 14.7 Å². The molecule has 0 bridgehead atoms. The Morgan fingerprint density at radius 2 is 2.10 bits per heavy atom.